The second-order valence-electron chi connectivity index (χ2n) is 10.6. The molecule has 1 aliphatic rings. The van der Waals surface area contributed by atoms with Gasteiger partial charge in [-0.1, -0.05) is 48.6 Å². The van der Waals surface area contributed by atoms with Crippen molar-refractivity contribution in [3.8, 4) is 11.5 Å². The number of ether oxygens (including phenoxy) is 2. The molecule has 4 aromatic rings. The molecule has 2 N–H and O–H groups in total. The first-order chi connectivity index (χ1) is 23.1. The SMILES string of the molecule is C=CCc1cc(N=Nc2ccccc2)cc2c1OCCCOc1c(CC=C)cc(N=Nc3ccccc3)cc1C(=O)NCCNC2=O. The topological polar surface area (TPSA) is 126 Å². The lowest BCUT2D eigenvalue weighted by atomic mass is 10.0. The van der Waals surface area contributed by atoms with E-state index in [4.69, 9.17) is 9.47 Å². The van der Waals surface area contributed by atoms with Gasteiger partial charge in [0.05, 0.1) is 47.1 Å². The molecule has 0 saturated heterocycles. The minimum absolute atomic E-state index is 0.166. The molecule has 0 radical (unpaired) electrons. The summed E-state index contributed by atoms with van der Waals surface area (Å²) in [6, 6.07) is 25.7. The Balaban J connectivity index is 1.42. The predicted octanol–water partition coefficient (Wildman–Crippen LogP) is 8.30. The van der Waals surface area contributed by atoms with Crippen LogP contribution in [0.1, 0.15) is 38.3 Å². The van der Waals surface area contributed by atoms with Crippen LogP contribution in [0.3, 0.4) is 0 Å². The number of nitrogens with zero attached hydrogens (tertiary/aromatic N) is 4. The van der Waals surface area contributed by atoms with Crippen LogP contribution in [-0.4, -0.2) is 38.1 Å². The first kappa shape index (κ1) is 32.5. The van der Waals surface area contributed by atoms with Gasteiger partial charge < -0.3 is 20.1 Å². The lowest BCUT2D eigenvalue weighted by Crippen LogP contribution is -2.35. The molecule has 0 aromatic heterocycles. The Kier molecular flexibility index (Phi) is 11.4. The number of hydrogen-bond donors (Lipinski definition) is 2. The molecule has 47 heavy (non-hydrogen) atoms. The van der Waals surface area contributed by atoms with Gasteiger partial charge in [-0.05, 0) is 61.4 Å². The van der Waals surface area contributed by atoms with Crippen molar-refractivity contribution in [2.75, 3.05) is 26.3 Å². The molecule has 0 spiro atoms. The molecule has 0 aliphatic carbocycles. The van der Waals surface area contributed by atoms with Gasteiger partial charge in [-0.3, -0.25) is 9.59 Å². The van der Waals surface area contributed by atoms with Crippen molar-refractivity contribution in [3.05, 3.63) is 132 Å². The number of fused-ring (bicyclic) bond motifs is 2. The molecule has 4 aromatic carbocycles. The summed E-state index contributed by atoms with van der Waals surface area (Å²) in [5.41, 5.74) is 4.53. The second kappa shape index (κ2) is 16.4. The van der Waals surface area contributed by atoms with Crippen LogP contribution in [0, 0.1) is 0 Å². The minimum Gasteiger partial charge on any atom is -0.492 e. The van der Waals surface area contributed by atoms with E-state index in [1.807, 2.05) is 72.8 Å². The zero-order chi connectivity index (χ0) is 32.8. The van der Waals surface area contributed by atoms with E-state index >= 15 is 0 Å². The molecule has 0 saturated carbocycles. The van der Waals surface area contributed by atoms with Crippen LogP contribution in [-0.2, 0) is 12.8 Å². The average molecular weight is 629 g/mol. The van der Waals surface area contributed by atoms with Crippen molar-refractivity contribution in [2.45, 2.75) is 19.3 Å². The highest BCUT2D eigenvalue weighted by molar-refractivity contribution is 5.99. The highest BCUT2D eigenvalue weighted by atomic mass is 16.5. The third-order valence-electron chi connectivity index (χ3n) is 7.07. The maximum atomic E-state index is 13.5. The molecular formula is C37H36N6O4. The summed E-state index contributed by atoms with van der Waals surface area (Å²) >= 11 is 0. The number of benzene rings is 4. The fraction of sp³-hybridized carbons (Fsp3) is 0.189. The number of allylic oxidation sites excluding steroid dienone is 2. The number of nitrogens with one attached hydrogen (secondary N) is 2. The van der Waals surface area contributed by atoms with Crippen molar-refractivity contribution in [1.29, 1.82) is 0 Å². The van der Waals surface area contributed by atoms with E-state index < -0.39 is 0 Å². The minimum atomic E-state index is -0.361. The van der Waals surface area contributed by atoms with E-state index in [1.54, 1.807) is 24.3 Å². The summed E-state index contributed by atoms with van der Waals surface area (Å²) in [7, 11) is 0. The Morgan fingerprint density at radius 2 is 1.00 bits per heavy atom. The highest BCUT2D eigenvalue weighted by Gasteiger charge is 2.21. The number of azo groups is 2. The summed E-state index contributed by atoms with van der Waals surface area (Å²) in [5.74, 6) is 0.168. The van der Waals surface area contributed by atoms with E-state index in [1.165, 1.54) is 0 Å². The molecule has 0 atom stereocenters. The van der Waals surface area contributed by atoms with Crippen LogP contribution in [0.2, 0.25) is 0 Å². The van der Waals surface area contributed by atoms with E-state index in [-0.39, 0.29) is 38.1 Å². The van der Waals surface area contributed by atoms with Gasteiger partial charge in [-0.15, -0.1) is 13.2 Å². The first-order valence-electron chi connectivity index (χ1n) is 15.4. The van der Waals surface area contributed by atoms with Crippen LogP contribution in [0.25, 0.3) is 0 Å². The molecule has 1 aliphatic heterocycles. The van der Waals surface area contributed by atoms with Crippen molar-refractivity contribution in [1.82, 2.24) is 10.6 Å². The van der Waals surface area contributed by atoms with Crippen LogP contribution in [0.4, 0.5) is 22.7 Å². The number of carbonyl (C=O) groups excluding carboxylic acids is 2. The molecule has 5 rings (SSSR count). The predicted molar refractivity (Wildman–Crippen MR) is 182 cm³/mol. The van der Waals surface area contributed by atoms with Crippen molar-refractivity contribution in [2.24, 2.45) is 20.5 Å². The fourth-order valence-electron chi connectivity index (χ4n) is 4.92. The standard InChI is InChI=1S/C37H36N6O4/c1-3-12-26-22-30(42-40-28-14-7-5-8-15-28)24-32-34(26)46-20-11-21-47-35-27(13-4-2)23-31(43-41-29-16-9-6-10-17-29)25-33(35)37(45)39-19-18-38-36(32)44/h3-10,14-17,22-25H,1-2,11-13,18-21H2,(H,38,44)(H,39,45). The van der Waals surface area contributed by atoms with E-state index in [0.29, 0.717) is 64.6 Å². The lowest BCUT2D eigenvalue weighted by molar-refractivity contribution is 0.0924. The van der Waals surface area contributed by atoms with Gasteiger partial charge in [-0.2, -0.15) is 20.5 Å². The number of hydrogen-bond acceptors (Lipinski definition) is 8. The number of amides is 2. The summed E-state index contributed by atoms with van der Waals surface area (Å²) in [6.07, 6.45) is 4.88. The molecule has 0 unspecified atom stereocenters. The monoisotopic (exact) mass is 628 g/mol. The Morgan fingerprint density at radius 1 is 0.596 bits per heavy atom. The van der Waals surface area contributed by atoms with Crippen molar-refractivity contribution >= 4 is 34.6 Å². The number of carbonyl (C=O) groups is 2. The maximum absolute atomic E-state index is 13.5. The Morgan fingerprint density at radius 3 is 1.40 bits per heavy atom. The molecule has 2 amide bonds. The van der Waals surface area contributed by atoms with Gasteiger partial charge in [0.25, 0.3) is 11.8 Å². The van der Waals surface area contributed by atoms with Crippen LogP contribution < -0.4 is 20.1 Å². The molecular weight excluding hydrogens is 592 g/mol. The first-order valence-corrected chi connectivity index (χ1v) is 15.4. The summed E-state index contributed by atoms with van der Waals surface area (Å²) in [4.78, 5) is 27.0. The number of rotatable bonds is 8. The van der Waals surface area contributed by atoms with Gasteiger partial charge in [0.1, 0.15) is 11.5 Å². The quantitative estimate of drug-likeness (QED) is 0.150. The average Bonchev–Trinajstić information content (AvgIpc) is 3.10. The zero-order valence-electron chi connectivity index (χ0n) is 26.0. The summed E-state index contributed by atoms with van der Waals surface area (Å²) < 4.78 is 12.5. The zero-order valence-corrected chi connectivity index (χ0v) is 26.0. The Hall–Kier alpha value is -5.90. The van der Waals surface area contributed by atoms with E-state index in [2.05, 4.69) is 44.2 Å². The van der Waals surface area contributed by atoms with Crippen LogP contribution in [0.5, 0.6) is 11.5 Å². The molecule has 1 heterocycles. The van der Waals surface area contributed by atoms with E-state index in [9.17, 15) is 9.59 Å². The molecule has 10 nitrogen and oxygen atoms in total. The van der Waals surface area contributed by atoms with Gasteiger partial charge >= 0.3 is 0 Å². The summed E-state index contributed by atoms with van der Waals surface area (Å²) in [6.45, 7) is 8.61. The third kappa shape index (κ3) is 8.85. The molecule has 0 fully saturated rings. The highest BCUT2D eigenvalue weighted by Crippen LogP contribution is 2.34. The Labute approximate surface area is 274 Å². The second-order valence-corrected chi connectivity index (χ2v) is 10.6. The maximum Gasteiger partial charge on any atom is 0.255 e. The van der Waals surface area contributed by atoms with Crippen LogP contribution in [0.15, 0.2) is 131 Å². The van der Waals surface area contributed by atoms with Crippen molar-refractivity contribution in [3.63, 3.8) is 0 Å². The van der Waals surface area contributed by atoms with Gasteiger partial charge in [0.2, 0.25) is 0 Å². The molecule has 10 heteroatoms. The van der Waals surface area contributed by atoms with E-state index in [0.717, 1.165) is 11.1 Å². The largest absolute Gasteiger partial charge is 0.492 e. The van der Waals surface area contributed by atoms with Gasteiger partial charge in [-0.25, -0.2) is 0 Å². The van der Waals surface area contributed by atoms with Gasteiger partial charge in [0.15, 0.2) is 0 Å². The van der Waals surface area contributed by atoms with Crippen LogP contribution >= 0.6 is 0 Å². The molecule has 0 bridgehead atoms. The smallest absolute Gasteiger partial charge is 0.255 e. The Bertz CT molecular complexity index is 1660. The lowest BCUT2D eigenvalue weighted by Gasteiger charge is -2.17. The molecule has 238 valence electrons. The van der Waals surface area contributed by atoms with Crippen molar-refractivity contribution < 1.29 is 19.1 Å². The normalized spacial score (nSPS) is 14.0. The van der Waals surface area contributed by atoms with Gasteiger partial charge in [0, 0.05) is 30.6 Å². The third-order valence-corrected chi connectivity index (χ3v) is 7.07. The fourth-order valence-corrected chi connectivity index (χ4v) is 4.92. The summed E-state index contributed by atoms with van der Waals surface area (Å²) in [5, 5.41) is 23.2.